The van der Waals surface area contributed by atoms with E-state index in [2.05, 4.69) is 20.7 Å². The van der Waals surface area contributed by atoms with Gasteiger partial charge in [-0.1, -0.05) is 0 Å². The van der Waals surface area contributed by atoms with E-state index in [9.17, 15) is 9.59 Å². The van der Waals surface area contributed by atoms with E-state index >= 15 is 0 Å². The summed E-state index contributed by atoms with van der Waals surface area (Å²) in [7, 11) is 1.83. The van der Waals surface area contributed by atoms with Crippen LogP contribution < -0.4 is 10.6 Å². The number of aromatic nitrogens is 3. The summed E-state index contributed by atoms with van der Waals surface area (Å²) in [6.45, 7) is 0.670. The van der Waals surface area contributed by atoms with Gasteiger partial charge >= 0.3 is 0 Å². The van der Waals surface area contributed by atoms with Crippen molar-refractivity contribution >= 4 is 11.8 Å². The lowest BCUT2D eigenvalue weighted by Gasteiger charge is -2.22. The molecule has 2 amide bonds. The van der Waals surface area contributed by atoms with Gasteiger partial charge in [-0.15, -0.1) is 0 Å². The predicted octanol–water partition coefficient (Wildman–Crippen LogP) is 0.490. The Kier molecular flexibility index (Phi) is 3.86. The molecule has 1 atom stereocenters. The van der Waals surface area contributed by atoms with Crippen LogP contribution in [0.3, 0.4) is 0 Å². The van der Waals surface area contributed by atoms with Crippen LogP contribution in [0.1, 0.15) is 23.2 Å². The van der Waals surface area contributed by atoms with Crippen LogP contribution in [0.2, 0.25) is 0 Å². The van der Waals surface area contributed by atoms with E-state index in [0.717, 1.165) is 17.5 Å². The Morgan fingerprint density at radius 1 is 1.36 bits per heavy atom. The SMILES string of the molecule is Cn1cc(-c2cncc(C(=O)N[C@@H]3CCCNC3=O)c2)cn1. The van der Waals surface area contributed by atoms with Crippen LogP contribution in [0, 0.1) is 0 Å². The standard InChI is InChI=1S/C15H17N5O2/c1-20-9-12(8-18-20)10-5-11(7-16-6-10)14(21)19-13-3-2-4-17-15(13)22/h5-9,13H,2-4H2,1H3,(H,17,22)(H,19,21)/t13-/m1/s1. The van der Waals surface area contributed by atoms with Crippen molar-refractivity contribution < 1.29 is 9.59 Å². The molecule has 1 aliphatic heterocycles. The maximum atomic E-state index is 12.3. The van der Waals surface area contributed by atoms with Gasteiger partial charge in [-0.3, -0.25) is 19.3 Å². The maximum Gasteiger partial charge on any atom is 0.253 e. The average molecular weight is 299 g/mol. The van der Waals surface area contributed by atoms with E-state index in [4.69, 9.17) is 0 Å². The molecule has 1 aliphatic rings. The maximum absolute atomic E-state index is 12.3. The van der Waals surface area contributed by atoms with E-state index < -0.39 is 6.04 Å². The number of hydrogen-bond acceptors (Lipinski definition) is 4. The van der Waals surface area contributed by atoms with Crippen molar-refractivity contribution in [3.8, 4) is 11.1 Å². The lowest BCUT2D eigenvalue weighted by molar-refractivity contribution is -0.124. The van der Waals surface area contributed by atoms with Gasteiger partial charge in [0.2, 0.25) is 5.91 Å². The third-order valence-electron chi connectivity index (χ3n) is 3.63. The molecular formula is C15H17N5O2. The van der Waals surface area contributed by atoms with Crippen molar-refractivity contribution in [2.24, 2.45) is 7.05 Å². The van der Waals surface area contributed by atoms with E-state index in [0.29, 0.717) is 18.5 Å². The molecule has 7 nitrogen and oxygen atoms in total. The Hall–Kier alpha value is -2.70. The minimum absolute atomic E-state index is 0.129. The lowest BCUT2D eigenvalue weighted by Crippen LogP contribution is -2.50. The Bertz CT molecular complexity index is 709. The van der Waals surface area contributed by atoms with E-state index in [-0.39, 0.29) is 11.8 Å². The number of carbonyl (C=O) groups excluding carboxylic acids is 2. The molecule has 1 fully saturated rings. The second-order valence-electron chi connectivity index (χ2n) is 5.32. The smallest absolute Gasteiger partial charge is 0.253 e. The molecule has 22 heavy (non-hydrogen) atoms. The highest BCUT2D eigenvalue weighted by atomic mass is 16.2. The second kappa shape index (κ2) is 5.97. The minimum Gasteiger partial charge on any atom is -0.354 e. The first-order chi connectivity index (χ1) is 10.6. The first-order valence-electron chi connectivity index (χ1n) is 7.16. The summed E-state index contributed by atoms with van der Waals surface area (Å²) in [4.78, 5) is 28.1. The fraction of sp³-hybridized carbons (Fsp3) is 0.333. The number of pyridine rings is 1. The Labute approximate surface area is 127 Å². The third kappa shape index (κ3) is 2.98. The van der Waals surface area contributed by atoms with Crippen molar-refractivity contribution in [3.05, 3.63) is 36.4 Å². The monoisotopic (exact) mass is 299 g/mol. The molecule has 3 heterocycles. The fourth-order valence-corrected chi connectivity index (χ4v) is 2.44. The van der Waals surface area contributed by atoms with Gasteiger partial charge in [-0.05, 0) is 18.9 Å². The van der Waals surface area contributed by atoms with E-state index in [1.54, 1.807) is 23.1 Å². The topological polar surface area (TPSA) is 88.9 Å². The highest BCUT2D eigenvalue weighted by Crippen LogP contribution is 2.18. The summed E-state index contributed by atoms with van der Waals surface area (Å²) in [6.07, 6.45) is 8.27. The predicted molar refractivity (Wildman–Crippen MR) is 79.9 cm³/mol. The highest BCUT2D eigenvalue weighted by molar-refractivity contribution is 5.98. The Balaban J connectivity index is 1.76. The highest BCUT2D eigenvalue weighted by Gasteiger charge is 2.24. The average Bonchev–Trinajstić information content (AvgIpc) is 2.96. The zero-order chi connectivity index (χ0) is 15.5. The van der Waals surface area contributed by atoms with Crippen LogP contribution in [0.25, 0.3) is 11.1 Å². The molecule has 2 N–H and O–H groups in total. The number of aryl methyl sites for hydroxylation is 1. The van der Waals surface area contributed by atoms with Gasteiger partial charge in [0.05, 0.1) is 11.8 Å². The van der Waals surface area contributed by atoms with Crippen molar-refractivity contribution in [2.45, 2.75) is 18.9 Å². The van der Waals surface area contributed by atoms with Crippen molar-refractivity contribution in [1.82, 2.24) is 25.4 Å². The summed E-state index contributed by atoms with van der Waals surface area (Å²) in [5.41, 5.74) is 2.13. The Morgan fingerprint density at radius 2 is 2.23 bits per heavy atom. The minimum atomic E-state index is -0.469. The first kappa shape index (κ1) is 14.2. The zero-order valence-corrected chi connectivity index (χ0v) is 12.2. The molecule has 0 aliphatic carbocycles. The molecule has 7 heteroatoms. The van der Waals surface area contributed by atoms with Crippen molar-refractivity contribution in [1.29, 1.82) is 0 Å². The zero-order valence-electron chi connectivity index (χ0n) is 12.2. The normalized spacial score (nSPS) is 17.9. The first-order valence-corrected chi connectivity index (χ1v) is 7.16. The summed E-state index contributed by atoms with van der Waals surface area (Å²) in [6, 6.07) is 1.28. The van der Waals surface area contributed by atoms with Crippen molar-refractivity contribution in [3.63, 3.8) is 0 Å². The quantitative estimate of drug-likeness (QED) is 0.863. The largest absolute Gasteiger partial charge is 0.354 e. The van der Waals surface area contributed by atoms with Crippen molar-refractivity contribution in [2.75, 3.05) is 6.54 Å². The molecule has 0 radical (unpaired) electrons. The summed E-state index contributed by atoms with van der Waals surface area (Å²) < 4.78 is 1.69. The summed E-state index contributed by atoms with van der Waals surface area (Å²) in [5.74, 6) is -0.420. The number of nitrogens with zero attached hydrogens (tertiary/aromatic N) is 3. The van der Waals surface area contributed by atoms with Crippen LogP contribution in [0.4, 0.5) is 0 Å². The molecule has 0 bridgehead atoms. The molecule has 3 rings (SSSR count). The molecule has 0 aromatic carbocycles. The van der Waals surface area contributed by atoms with E-state index in [1.807, 2.05) is 13.2 Å². The molecule has 114 valence electrons. The molecule has 2 aromatic heterocycles. The van der Waals surface area contributed by atoms with Gasteiger partial charge in [0.15, 0.2) is 0 Å². The number of carbonyl (C=O) groups is 2. The number of piperidine rings is 1. The molecule has 2 aromatic rings. The molecule has 0 saturated carbocycles. The van der Waals surface area contributed by atoms with Crippen LogP contribution in [-0.2, 0) is 11.8 Å². The molecule has 0 spiro atoms. The van der Waals surface area contributed by atoms with Gasteiger partial charge in [-0.2, -0.15) is 5.10 Å². The van der Waals surface area contributed by atoms with Gasteiger partial charge in [0.25, 0.3) is 5.91 Å². The van der Waals surface area contributed by atoms with Gasteiger partial charge in [0, 0.05) is 43.3 Å². The number of rotatable bonds is 3. The van der Waals surface area contributed by atoms with Gasteiger partial charge < -0.3 is 10.6 Å². The molecule has 1 saturated heterocycles. The number of hydrogen-bond donors (Lipinski definition) is 2. The van der Waals surface area contributed by atoms with Gasteiger partial charge in [-0.25, -0.2) is 0 Å². The lowest BCUT2D eigenvalue weighted by atomic mass is 10.1. The molecular weight excluding hydrogens is 282 g/mol. The second-order valence-corrected chi connectivity index (χ2v) is 5.32. The number of nitrogens with one attached hydrogen (secondary N) is 2. The van der Waals surface area contributed by atoms with Crippen LogP contribution in [0.15, 0.2) is 30.9 Å². The molecule has 0 unspecified atom stereocenters. The fourth-order valence-electron chi connectivity index (χ4n) is 2.44. The summed E-state index contributed by atoms with van der Waals surface area (Å²) in [5, 5.41) is 9.61. The van der Waals surface area contributed by atoms with Crippen LogP contribution in [-0.4, -0.2) is 39.2 Å². The third-order valence-corrected chi connectivity index (χ3v) is 3.63. The Morgan fingerprint density at radius 3 is 2.95 bits per heavy atom. The van der Waals surface area contributed by atoms with Crippen LogP contribution >= 0.6 is 0 Å². The van der Waals surface area contributed by atoms with E-state index in [1.165, 1.54) is 6.20 Å². The van der Waals surface area contributed by atoms with Crippen LogP contribution in [0.5, 0.6) is 0 Å². The number of amides is 2. The van der Waals surface area contributed by atoms with Gasteiger partial charge in [0.1, 0.15) is 6.04 Å². The summed E-state index contributed by atoms with van der Waals surface area (Å²) >= 11 is 0.